The molecule has 0 spiro atoms. The van der Waals surface area contributed by atoms with Gasteiger partial charge in [-0.2, -0.15) is 5.10 Å². The van der Waals surface area contributed by atoms with Gasteiger partial charge in [-0.25, -0.2) is 0 Å². The van der Waals surface area contributed by atoms with Crippen LogP contribution in [0.25, 0.3) is 0 Å². The summed E-state index contributed by atoms with van der Waals surface area (Å²) >= 11 is 0. The summed E-state index contributed by atoms with van der Waals surface area (Å²) in [6.07, 6.45) is 9.05. The summed E-state index contributed by atoms with van der Waals surface area (Å²) in [5.74, 6) is 0.837. The van der Waals surface area contributed by atoms with Crippen LogP contribution in [0.15, 0.2) is 12.4 Å². The fraction of sp³-hybridized carbons (Fsp3) is 0.750. The van der Waals surface area contributed by atoms with E-state index in [-0.39, 0.29) is 12.0 Å². The van der Waals surface area contributed by atoms with Gasteiger partial charge in [0.25, 0.3) is 5.91 Å². The summed E-state index contributed by atoms with van der Waals surface area (Å²) in [5.41, 5.74) is 1.21. The van der Waals surface area contributed by atoms with Crippen molar-refractivity contribution in [3.63, 3.8) is 0 Å². The Hall–Kier alpha value is -1.36. The Morgan fingerprint density at radius 3 is 2.76 bits per heavy atom. The number of piperidine rings is 1. The molecule has 0 radical (unpaired) electrons. The van der Waals surface area contributed by atoms with E-state index >= 15 is 0 Å². The highest BCUT2D eigenvalue weighted by Crippen LogP contribution is 2.22. The van der Waals surface area contributed by atoms with Gasteiger partial charge in [0.05, 0.1) is 6.20 Å². The number of amides is 1. The lowest BCUT2D eigenvalue weighted by molar-refractivity contribution is -0.148. The molecule has 5 nitrogen and oxygen atoms in total. The molecule has 2 aliphatic heterocycles. The Balaban J connectivity index is 1.47. The van der Waals surface area contributed by atoms with E-state index in [1.165, 1.54) is 5.56 Å². The maximum atomic E-state index is 12.4. The second kappa shape index (κ2) is 6.60. The zero-order chi connectivity index (χ0) is 14.7. The Bertz CT molecular complexity index is 472. The van der Waals surface area contributed by atoms with Gasteiger partial charge in [-0.3, -0.25) is 9.48 Å². The van der Waals surface area contributed by atoms with Gasteiger partial charge in [-0.15, -0.1) is 0 Å². The van der Waals surface area contributed by atoms with Crippen molar-refractivity contribution < 1.29 is 9.53 Å². The first-order chi connectivity index (χ1) is 10.2. The molecule has 2 saturated heterocycles. The summed E-state index contributed by atoms with van der Waals surface area (Å²) in [6.45, 7) is 5.50. The fourth-order valence-electron chi connectivity index (χ4n) is 3.31. The zero-order valence-corrected chi connectivity index (χ0v) is 12.8. The predicted octanol–water partition coefficient (Wildman–Crippen LogP) is 2.00. The number of likely N-dealkylation sites (tertiary alicyclic amines) is 1. The van der Waals surface area contributed by atoms with Crippen LogP contribution in [0.5, 0.6) is 0 Å². The highest BCUT2D eigenvalue weighted by Gasteiger charge is 2.29. The summed E-state index contributed by atoms with van der Waals surface area (Å²) in [6, 6.07) is 0. The third-order valence-corrected chi connectivity index (χ3v) is 4.59. The number of aromatic nitrogens is 2. The first-order valence-corrected chi connectivity index (χ1v) is 8.12. The van der Waals surface area contributed by atoms with E-state index in [1.807, 2.05) is 15.8 Å². The van der Waals surface area contributed by atoms with Crippen molar-refractivity contribution in [2.75, 3.05) is 19.7 Å². The van der Waals surface area contributed by atoms with Crippen molar-refractivity contribution in [1.29, 1.82) is 0 Å². The third kappa shape index (κ3) is 3.64. The average molecular weight is 291 g/mol. The summed E-state index contributed by atoms with van der Waals surface area (Å²) in [5, 5.41) is 4.35. The average Bonchev–Trinajstić information content (AvgIpc) is 2.93. The van der Waals surface area contributed by atoms with Gasteiger partial charge in [0.15, 0.2) is 0 Å². The molecule has 5 heteroatoms. The number of ether oxygens (including phenoxy) is 1. The highest BCUT2D eigenvalue weighted by atomic mass is 16.5. The molecule has 0 N–H and O–H groups in total. The van der Waals surface area contributed by atoms with Gasteiger partial charge in [0, 0.05) is 32.4 Å². The van der Waals surface area contributed by atoms with Crippen molar-refractivity contribution in [3.05, 3.63) is 18.0 Å². The molecule has 0 unspecified atom stereocenters. The molecular weight excluding hydrogens is 266 g/mol. The second-order valence-corrected chi connectivity index (χ2v) is 6.36. The van der Waals surface area contributed by atoms with Crippen molar-refractivity contribution in [2.24, 2.45) is 5.92 Å². The number of hydrogen-bond acceptors (Lipinski definition) is 3. The number of carbonyl (C=O) groups excluding carboxylic acids is 1. The molecule has 1 amide bonds. The SMILES string of the molecule is Cc1cnn(CC2CCN(C(=O)[C@H]3CCCCO3)CC2)c1. The van der Waals surface area contributed by atoms with Gasteiger partial charge < -0.3 is 9.64 Å². The molecule has 116 valence electrons. The molecule has 0 aromatic carbocycles. The van der Waals surface area contributed by atoms with Gasteiger partial charge in [-0.1, -0.05) is 0 Å². The van der Waals surface area contributed by atoms with Crippen LogP contribution in [0.4, 0.5) is 0 Å². The van der Waals surface area contributed by atoms with Crippen LogP contribution in [0.2, 0.25) is 0 Å². The van der Waals surface area contributed by atoms with E-state index in [9.17, 15) is 4.79 Å². The topological polar surface area (TPSA) is 47.4 Å². The first kappa shape index (κ1) is 14.6. The lowest BCUT2D eigenvalue weighted by Gasteiger charge is -2.35. The van der Waals surface area contributed by atoms with Crippen LogP contribution in [0, 0.1) is 12.8 Å². The molecule has 2 aliphatic rings. The number of carbonyl (C=O) groups is 1. The van der Waals surface area contributed by atoms with E-state index in [2.05, 4.69) is 18.2 Å². The number of rotatable bonds is 3. The third-order valence-electron chi connectivity index (χ3n) is 4.59. The Morgan fingerprint density at radius 2 is 2.14 bits per heavy atom. The smallest absolute Gasteiger partial charge is 0.251 e. The molecule has 21 heavy (non-hydrogen) atoms. The first-order valence-electron chi connectivity index (χ1n) is 8.12. The maximum absolute atomic E-state index is 12.4. The maximum Gasteiger partial charge on any atom is 0.251 e. The highest BCUT2D eigenvalue weighted by molar-refractivity contribution is 5.81. The van der Waals surface area contributed by atoms with E-state index < -0.39 is 0 Å². The summed E-state index contributed by atoms with van der Waals surface area (Å²) in [7, 11) is 0. The van der Waals surface area contributed by atoms with E-state index in [4.69, 9.17) is 4.74 Å². The van der Waals surface area contributed by atoms with E-state index in [0.29, 0.717) is 5.92 Å². The predicted molar refractivity (Wildman–Crippen MR) is 79.9 cm³/mol. The van der Waals surface area contributed by atoms with Crippen LogP contribution in [0.3, 0.4) is 0 Å². The normalized spacial score (nSPS) is 24.2. The minimum atomic E-state index is -0.177. The van der Waals surface area contributed by atoms with Crippen LogP contribution in [-0.2, 0) is 16.1 Å². The molecule has 3 heterocycles. The van der Waals surface area contributed by atoms with Crippen molar-refractivity contribution >= 4 is 5.91 Å². The molecule has 0 saturated carbocycles. The minimum absolute atomic E-state index is 0.177. The summed E-state index contributed by atoms with van der Waals surface area (Å²) in [4.78, 5) is 14.4. The number of aryl methyl sites for hydroxylation is 1. The Labute approximate surface area is 126 Å². The van der Waals surface area contributed by atoms with Crippen LogP contribution >= 0.6 is 0 Å². The van der Waals surface area contributed by atoms with Crippen molar-refractivity contribution in [1.82, 2.24) is 14.7 Å². The molecule has 1 aromatic rings. The van der Waals surface area contributed by atoms with Gasteiger partial charge >= 0.3 is 0 Å². The largest absolute Gasteiger partial charge is 0.368 e. The van der Waals surface area contributed by atoms with Crippen molar-refractivity contribution in [2.45, 2.75) is 51.7 Å². The number of nitrogens with zero attached hydrogens (tertiary/aromatic N) is 3. The van der Waals surface area contributed by atoms with E-state index in [0.717, 1.165) is 58.3 Å². The molecule has 2 fully saturated rings. The summed E-state index contributed by atoms with van der Waals surface area (Å²) < 4.78 is 7.64. The lowest BCUT2D eigenvalue weighted by Crippen LogP contribution is -2.46. The molecule has 1 aromatic heterocycles. The molecular formula is C16H25N3O2. The van der Waals surface area contributed by atoms with Crippen molar-refractivity contribution in [3.8, 4) is 0 Å². The fourth-order valence-corrected chi connectivity index (χ4v) is 3.31. The quantitative estimate of drug-likeness (QED) is 0.856. The lowest BCUT2D eigenvalue weighted by atomic mass is 9.96. The van der Waals surface area contributed by atoms with Crippen LogP contribution < -0.4 is 0 Å². The van der Waals surface area contributed by atoms with E-state index in [1.54, 1.807) is 0 Å². The van der Waals surface area contributed by atoms with Gasteiger partial charge in [-0.05, 0) is 50.5 Å². The van der Waals surface area contributed by atoms with Gasteiger partial charge in [0.1, 0.15) is 6.10 Å². The molecule has 3 rings (SSSR count). The minimum Gasteiger partial charge on any atom is -0.368 e. The van der Waals surface area contributed by atoms with Crippen LogP contribution in [-0.4, -0.2) is 46.4 Å². The molecule has 1 atom stereocenters. The molecule has 0 bridgehead atoms. The van der Waals surface area contributed by atoms with Gasteiger partial charge in [0.2, 0.25) is 0 Å². The van der Waals surface area contributed by atoms with Crippen LogP contribution in [0.1, 0.15) is 37.7 Å². The standard InChI is InChI=1S/C16H25N3O2/c1-13-10-17-19(11-13)12-14-5-7-18(8-6-14)16(20)15-4-2-3-9-21-15/h10-11,14-15H,2-9,12H2,1H3/t15-/m1/s1. The zero-order valence-electron chi connectivity index (χ0n) is 12.8. The Kier molecular flexibility index (Phi) is 4.58. The number of hydrogen-bond donors (Lipinski definition) is 0. The Morgan fingerprint density at radius 1 is 1.33 bits per heavy atom. The molecule has 0 aliphatic carbocycles. The monoisotopic (exact) mass is 291 g/mol. The second-order valence-electron chi connectivity index (χ2n) is 6.36.